The van der Waals surface area contributed by atoms with E-state index in [-0.39, 0.29) is 30.3 Å². The van der Waals surface area contributed by atoms with E-state index in [1.807, 2.05) is 91.9 Å². The smallest absolute Gasteiger partial charge is 0.407 e. The highest BCUT2D eigenvalue weighted by molar-refractivity contribution is 5.89. The second-order valence-electron chi connectivity index (χ2n) is 14.6. The lowest BCUT2D eigenvalue weighted by Gasteiger charge is -2.28. The summed E-state index contributed by atoms with van der Waals surface area (Å²) >= 11 is 0. The molecule has 0 unspecified atom stereocenters. The van der Waals surface area contributed by atoms with Gasteiger partial charge in [0.2, 0.25) is 5.91 Å². The van der Waals surface area contributed by atoms with E-state index in [4.69, 9.17) is 14.5 Å². The summed E-state index contributed by atoms with van der Waals surface area (Å²) in [4.78, 5) is 71.5. The van der Waals surface area contributed by atoms with E-state index in [0.29, 0.717) is 23.8 Å². The zero-order chi connectivity index (χ0) is 41.5. The van der Waals surface area contributed by atoms with Gasteiger partial charge in [-0.05, 0) is 53.1 Å². The molecular formula is C46H47N7O6. The molecule has 3 heterocycles. The zero-order valence-corrected chi connectivity index (χ0v) is 33.4. The van der Waals surface area contributed by atoms with Crippen LogP contribution in [0.4, 0.5) is 4.79 Å². The van der Waals surface area contributed by atoms with Crippen LogP contribution in [-0.2, 0) is 23.9 Å². The number of rotatable bonds is 13. The van der Waals surface area contributed by atoms with E-state index in [9.17, 15) is 19.2 Å². The van der Waals surface area contributed by atoms with Crippen LogP contribution < -0.4 is 5.32 Å². The lowest BCUT2D eigenvalue weighted by atomic mass is 9.94. The highest BCUT2D eigenvalue weighted by Gasteiger charge is 2.37. The highest BCUT2D eigenvalue weighted by Crippen LogP contribution is 2.35. The molecule has 2 aromatic heterocycles. The van der Waals surface area contributed by atoms with Crippen molar-refractivity contribution < 1.29 is 28.7 Å². The van der Waals surface area contributed by atoms with Gasteiger partial charge in [0.1, 0.15) is 17.7 Å². The predicted octanol–water partition coefficient (Wildman–Crippen LogP) is 7.76. The molecule has 0 radical (unpaired) electrons. The van der Waals surface area contributed by atoms with Gasteiger partial charge in [0.25, 0.3) is 5.91 Å². The van der Waals surface area contributed by atoms with Gasteiger partial charge in [-0.3, -0.25) is 14.4 Å². The van der Waals surface area contributed by atoms with Crippen molar-refractivity contribution in [3.05, 3.63) is 144 Å². The molecule has 1 fully saturated rings. The van der Waals surface area contributed by atoms with Gasteiger partial charge in [0, 0.05) is 13.6 Å². The summed E-state index contributed by atoms with van der Waals surface area (Å²) in [6, 6.07) is 33.2. The maximum atomic E-state index is 13.9. The summed E-state index contributed by atoms with van der Waals surface area (Å²) in [5.74, 6) is -0.228. The number of amides is 3. The number of imidazole rings is 2. The Bertz CT molecular complexity index is 2380. The average molecular weight is 794 g/mol. The summed E-state index contributed by atoms with van der Waals surface area (Å²) in [6.45, 7) is 2.45. The van der Waals surface area contributed by atoms with E-state index in [2.05, 4.69) is 44.5 Å². The molecule has 4 aromatic carbocycles. The van der Waals surface area contributed by atoms with Crippen molar-refractivity contribution in [3.8, 4) is 33.6 Å². The first-order valence-electron chi connectivity index (χ1n) is 19.5. The van der Waals surface area contributed by atoms with Crippen LogP contribution in [0, 0.1) is 0 Å². The van der Waals surface area contributed by atoms with Crippen molar-refractivity contribution in [1.29, 1.82) is 0 Å². The van der Waals surface area contributed by atoms with E-state index in [0.717, 1.165) is 52.0 Å². The number of aromatic amines is 2. The quantitative estimate of drug-likeness (QED) is 0.100. The molecule has 6 aromatic rings. The van der Waals surface area contributed by atoms with Crippen LogP contribution in [0.25, 0.3) is 33.6 Å². The fraction of sp³-hybridized carbons (Fsp3) is 0.261. The van der Waals surface area contributed by atoms with Gasteiger partial charge in [0.05, 0.1) is 62.4 Å². The molecule has 3 amide bonds. The third-order valence-electron chi connectivity index (χ3n) is 11.0. The topological polar surface area (TPSA) is 163 Å². The normalized spacial score (nSPS) is 15.2. The first-order chi connectivity index (χ1) is 28.6. The molecule has 1 aliphatic rings. The Morgan fingerprint density at radius 3 is 1.92 bits per heavy atom. The summed E-state index contributed by atoms with van der Waals surface area (Å²) in [5, 5.41) is 2.71. The molecule has 0 aliphatic carbocycles. The van der Waals surface area contributed by atoms with Gasteiger partial charge in [-0.1, -0.05) is 109 Å². The highest BCUT2D eigenvalue weighted by atomic mass is 16.5. The van der Waals surface area contributed by atoms with E-state index in [1.54, 1.807) is 29.2 Å². The number of nitrogens with one attached hydrogen (secondary N) is 3. The Morgan fingerprint density at radius 1 is 0.763 bits per heavy atom. The van der Waals surface area contributed by atoms with Gasteiger partial charge in [-0.2, -0.15) is 0 Å². The number of esters is 1. The maximum Gasteiger partial charge on any atom is 0.407 e. The Morgan fingerprint density at radius 2 is 1.32 bits per heavy atom. The van der Waals surface area contributed by atoms with Crippen LogP contribution in [0.2, 0.25) is 0 Å². The third-order valence-corrected chi connectivity index (χ3v) is 11.0. The standard InChI is InChI=1S/C46H47N7O6/c1-29(52(2)44(55)36(26-40(54)58-3)32-12-7-5-8-13-32)42-47-27-37(49-42)33-21-17-30(18-22-33)31-19-23-34(24-20-31)38-28-48-43(50-38)39-16-11-25-53(39)45(56)41(51-46(57)59-4)35-14-9-6-10-15-35/h5-10,12-15,17-24,27-29,36,39,41H,11,16,25-26H2,1-4H3,(H,47,49)(H,48,50)(H,51,57)/t29-,36+,39-,41+/m0/s1. The first-order valence-corrected chi connectivity index (χ1v) is 19.5. The number of alkyl carbamates (subject to hydrolysis) is 1. The second kappa shape index (κ2) is 18.1. The summed E-state index contributed by atoms with van der Waals surface area (Å²) in [6.07, 6.45) is 4.38. The molecule has 1 saturated heterocycles. The molecule has 4 atom stereocenters. The fourth-order valence-corrected chi connectivity index (χ4v) is 7.53. The monoisotopic (exact) mass is 793 g/mol. The fourth-order valence-electron chi connectivity index (χ4n) is 7.53. The molecule has 7 rings (SSSR count). The largest absolute Gasteiger partial charge is 0.469 e. The van der Waals surface area contributed by atoms with Crippen LogP contribution >= 0.6 is 0 Å². The van der Waals surface area contributed by atoms with Gasteiger partial charge in [-0.25, -0.2) is 14.8 Å². The molecule has 1 aliphatic heterocycles. The number of carbonyl (C=O) groups is 4. The van der Waals surface area contributed by atoms with Crippen molar-refractivity contribution in [2.24, 2.45) is 0 Å². The summed E-state index contributed by atoms with van der Waals surface area (Å²) in [5.41, 5.74) is 7.05. The maximum absolute atomic E-state index is 13.9. The number of ether oxygens (including phenoxy) is 2. The number of hydrogen-bond donors (Lipinski definition) is 3. The first kappa shape index (κ1) is 40.2. The van der Waals surface area contributed by atoms with Crippen molar-refractivity contribution in [2.75, 3.05) is 27.8 Å². The van der Waals surface area contributed by atoms with Crippen molar-refractivity contribution >= 4 is 23.9 Å². The molecule has 3 N–H and O–H groups in total. The van der Waals surface area contributed by atoms with Crippen LogP contribution in [0.5, 0.6) is 0 Å². The molecule has 13 heteroatoms. The Labute approximate surface area is 342 Å². The summed E-state index contributed by atoms with van der Waals surface area (Å²) in [7, 11) is 4.32. The molecule has 0 saturated carbocycles. The van der Waals surface area contributed by atoms with Gasteiger partial charge in [-0.15, -0.1) is 0 Å². The number of nitrogens with zero attached hydrogens (tertiary/aromatic N) is 4. The number of benzene rings is 4. The van der Waals surface area contributed by atoms with Crippen molar-refractivity contribution in [2.45, 2.75) is 50.2 Å². The van der Waals surface area contributed by atoms with Crippen LogP contribution in [-0.4, -0.2) is 81.4 Å². The number of carbonyl (C=O) groups excluding carboxylic acids is 4. The Balaban J connectivity index is 1.00. The van der Waals surface area contributed by atoms with Crippen molar-refractivity contribution in [1.82, 2.24) is 35.1 Å². The third kappa shape index (κ3) is 8.94. The van der Waals surface area contributed by atoms with E-state index >= 15 is 0 Å². The Hall–Kier alpha value is -7.02. The van der Waals surface area contributed by atoms with Crippen LogP contribution in [0.1, 0.15) is 73.0 Å². The van der Waals surface area contributed by atoms with Crippen LogP contribution in [0.3, 0.4) is 0 Å². The lowest BCUT2D eigenvalue weighted by molar-refractivity contribution is -0.145. The minimum atomic E-state index is -0.884. The van der Waals surface area contributed by atoms with E-state index < -0.39 is 24.0 Å². The average Bonchev–Trinajstić information content (AvgIpc) is 4.09. The van der Waals surface area contributed by atoms with Crippen LogP contribution in [0.15, 0.2) is 122 Å². The number of hydrogen-bond acceptors (Lipinski definition) is 8. The van der Waals surface area contributed by atoms with Crippen molar-refractivity contribution in [3.63, 3.8) is 0 Å². The number of likely N-dealkylation sites (tertiary alicyclic amines) is 1. The minimum Gasteiger partial charge on any atom is -0.469 e. The van der Waals surface area contributed by atoms with Gasteiger partial charge < -0.3 is 34.6 Å². The Kier molecular flexibility index (Phi) is 12.3. The SMILES string of the molecule is COC(=O)C[C@@H](C(=O)N(C)[C@@H](C)c1ncc(-c2ccc(-c3ccc(-c4cnc([C@@H]5CCCN5C(=O)[C@H](NC(=O)OC)c5ccccc5)[nH]4)cc3)cc2)[nH]1)c1ccccc1. The molecule has 13 nitrogen and oxygen atoms in total. The lowest BCUT2D eigenvalue weighted by Crippen LogP contribution is -2.42. The number of methoxy groups -OCH3 is 2. The van der Waals surface area contributed by atoms with Gasteiger partial charge in [0.15, 0.2) is 0 Å². The molecule has 0 spiro atoms. The number of aromatic nitrogens is 4. The van der Waals surface area contributed by atoms with Gasteiger partial charge >= 0.3 is 12.1 Å². The summed E-state index contributed by atoms with van der Waals surface area (Å²) < 4.78 is 9.71. The second-order valence-corrected chi connectivity index (χ2v) is 14.6. The van der Waals surface area contributed by atoms with E-state index in [1.165, 1.54) is 14.2 Å². The zero-order valence-electron chi connectivity index (χ0n) is 33.4. The predicted molar refractivity (Wildman–Crippen MR) is 222 cm³/mol. The molecule has 0 bridgehead atoms. The molecule has 302 valence electrons. The molecular weight excluding hydrogens is 747 g/mol. The number of likely N-dealkylation sites (N-methyl/N-ethyl adjacent to an activating group) is 1. The number of H-pyrrole nitrogens is 2. The minimum absolute atomic E-state index is 0.0578. The molecule has 59 heavy (non-hydrogen) atoms.